The molecule has 0 fully saturated rings. The van der Waals surface area contributed by atoms with Gasteiger partial charge in [-0.1, -0.05) is 59.1 Å². The molecule has 0 aliphatic carbocycles. The molecule has 0 saturated heterocycles. The van der Waals surface area contributed by atoms with Gasteiger partial charge in [-0.2, -0.15) is 5.26 Å². The van der Waals surface area contributed by atoms with E-state index >= 15 is 0 Å². The van der Waals surface area contributed by atoms with E-state index in [1.165, 1.54) is 0 Å². The number of hydrogen-bond acceptors (Lipinski definition) is 3. The van der Waals surface area contributed by atoms with Crippen LogP contribution in [0.4, 0.5) is 0 Å². The van der Waals surface area contributed by atoms with Crippen LogP contribution in [-0.2, 0) is 6.61 Å². The van der Waals surface area contributed by atoms with Gasteiger partial charge in [0.2, 0.25) is 0 Å². The first-order valence-corrected chi connectivity index (χ1v) is 11.2. The number of allylic oxidation sites excluding steroid dienone is 1. The van der Waals surface area contributed by atoms with Crippen LogP contribution in [0.5, 0.6) is 11.5 Å². The van der Waals surface area contributed by atoms with Gasteiger partial charge in [-0.15, -0.1) is 0 Å². The van der Waals surface area contributed by atoms with Gasteiger partial charge in [0.25, 0.3) is 0 Å². The zero-order valence-corrected chi connectivity index (χ0v) is 20.2. The van der Waals surface area contributed by atoms with Crippen LogP contribution in [-0.4, -0.2) is 6.61 Å². The molecule has 0 unspecified atom stereocenters. The van der Waals surface area contributed by atoms with Gasteiger partial charge in [0.15, 0.2) is 11.5 Å². The summed E-state index contributed by atoms with van der Waals surface area (Å²) in [5.41, 5.74) is 4.29. The van der Waals surface area contributed by atoms with Crippen LogP contribution >= 0.6 is 39.1 Å². The molecule has 0 heterocycles. The summed E-state index contributed by atoms with van der Waals surface area (Å²) in [6.07, 6.45) is 1.83. The smallest absolute Gasteiger partial charge is 0.175 e. The minimum absolute atomic E-state index is 0.303. The van der Waals surface area contributed by atoms with E-state index in [-0.39, 0.29) is 0 Å². The van der Waals surface area contributed by atoms with Crippen LogP contribution < -0.4 is 9.47 Å². The van der Waals surface area contributed by atoms with Gasteiger partial charge in [-0.05, 0) is 76.8 Å². The van der Waals surface area contributed by atoms with Crippen molar-refractivity contribution in [1.29, 1.82) is 5.26 Å². The first-order chi connectivity index (χ1) is 14.9. The van der Waals surface area contributed by atoms with E-state index in [0.717, 1.165) is 26.7 Å². The molecular weight excluding hydrogens is 497 g/mol. The molecule has 31 heavy (non-hydrogen) atoms. The van der Waals surface area contributed by atoms with Gasteiger partial charge in [0.05, 0.1) is 32.8 Å². The van der Waals surface area contributed by atoms with Crippen LogP contribution in [0.3, 0.4) is 0 Å². The minimum atomic E-state index is 0.303. The maximum absolute atomic E-state index is 9.65. The van der Waals surface area contributed by atoms with Gasteiger partial charge in [-0.25, -0.2) is 0 Å². The SMILES string of the molecule is CCOc1cc(/C=C(/C#N)c2ccc(C)cc2)cc(Br)c1OCc1ccc(Cl)c(Cl)c1. The van der Waals surface area contributed by atoms with Crippen molar-refractivity contribution in [2.75, 3.05) is 6.61 Å². The summed E-state index contributed by atoms with van der Waals surface area (Å²) in [4.78, 5) is 0. The lowest BCUT2D eigenvalue weighted by Crippen LogP contribution is -2.01. The van der Waals surface area contributed by atoms with Crippen molar-refractivity contribution in [3.8, 4) is 17.6 Å². The Balaban J connectivity index is 1.91. The second kappa shape index (κ2) is 10.7. The first kappa shape index (κ1) is 23.2. The van der Waals surface area contributed by atoms with Crippen LogP contribution in [0, 0.1) is 18.3 Å². The monoisotopic (exact) mass is 515 g/mol. The molecular formula is C25H20BrCl2NO2. The van der Waals surface area contributed by atoms with Gasteiger partial charge in [0, 0.05) is 0 Å². The van der Waals surface area contributed by atoms with Crippen molar-refractivity contribution >= 4 is 50.8 Å². The molecule has 158 valence electrons. The fourth-order valence-electron chi connectivity index (χ4n) is 2.94. The summed E-state index contributed by atoms with van der Waals surface area (Å²) in [7, 11) is 0. The topological polar surface area (TPSA) is 42.2 Å². The van der Waals surface area contributed by atoms with E-state index in [9.17, 15) is 5.26 Å². The third-order valence-electron chi connectivity index (χ3n) is 4.49. The number of benzene rings is 3. The van der Waals surface area contributed by atoms with Crippen molar-refractivity contribution in [1.82, 2.24) is 0 Å². The Bertz CT molecular complexity index is 1150. The van der Waals surface area contributed by atoms with Crippen molar-refractivity contribution < 1.29 is 9.47 Å². The summed E-state index contributed by atoms with van der Waals surface area (Å²) in [5.74, 6) is 1.17. The average molecular weight is 517 g/mol. The zero-order chi connectivity index (χ0) is 22.4. The number of aryl methyl sites for hydroxylation is 1. The van der Waals surface area contributed by atoms with Crippen LogP contribution in [0.1, 0.15) is 29.2 Å². The molecule has 3 nitrogen and oxygen atoms in total. The molecule has 0 aliphatic heterocycles. The predicted octanol–water partition coefficient (Wildman–Crippen LogP) is 8.11. The van der Waals surface area contributed by atoms with Crippen LogP contribution in [0.15, 0.2) is 59.1 Å². The Morgan fingerprint density at radius 3 is 2.42 bits per heavy atom. The molecule has 0 saturated carbocycles. The van der Waals surface area contributed by atoms with Crippen LogP contribution in [0.25, 0.3) is 11.6 Å². The number of hydrogen-bond donors (Lipinski definition) is 0. The molecule has 0 radical (unpaired) electrons. The van der Waals surface area contributed by atoms with E-state index in [0.29, 0.717) is 40.3 Å². The molecule has 0 atom stereocenters. The molecule has 0 bridgehead atoms. The quantitative estimate of drug-likeness (QED) is 0.235. The van der Waals surface area contributed by atoms with Crippen molar-refractivity contribution in [2.24, 2.45) is 0 Å². The molecule has 3 rings (SSSR count). The Hall–Kier alpha value is -2.45. The van der Waals surface area contributed by atoms with E-state index in [2.05, 4.69) is 22.0 Å². The van der Waals surface area contributed by atoms with Gasteiger partial charge >= 0.3 is 0 Å². The molecule has 0 N–H and O–H groups in total. The number of ether oxygens (including phenoxy) is 2. The standard InChI is InChI=1S/C25H20BrCl2NO2/c1-3-30-24-13-18(10-20(14-29)19-7-4-16(2)5-8-19)11-21(26)25(24)31-15-17-6-9-22(27)23(28)12-17/h4-13H,3,15H2,1-2H3/b20-10-. The summed E-state index contributed by atoms with van der Waals surface area (Å²) < 4.78 is 12.6. The van der Waals surface area contributed by atoms with Crippen molar-refractivity contribution in [2.45, 2.75) is 20.5 Å². The lowest BCUT2D eigenvalue weighted by atomic mass is 10.0. The summed E-state index contributed by atoms with van der Waals surface area (Å²) in [6.45, 7) is 4.71. The Labute approximate surface area is 201 Å². The second-order valence-electron chi connectivity index (χ2n) is 6.84. The number of nitrogens with zero attached hydrogens (tertiary/aromatic N) is 1. The molecule has 0 spiro atoms. The molecule has 3 aromatic carbocycles. The minimum Gasteiger partial charge on any atom is -0.490 e. The number of rotatable bonds is 7. The number of halogens is 3. The Kier molecular flexibility index (Phi) is 8.03. The summed E-state index contributed by atoms with van der Waals surface area (Å²) in [6, 6.07) is 19.3. The van der Waals surface area contributed by atoms with E-state index in [1.807, 2.05) is 62.4 Å². The van der Waals surface area contributed by atoms with Gasteiger partial charge in [-0.3, -0.25) is 0 Å². The van der Waals surface area contributed by atoms with Crippen LogP contribution in [0.2, 0.25) is 10.0 Å². The maximum Gasteiger partial charge on any atom is 0.175 e. The Morgan fingerprint density at radius 2 is 1.77 bits per heavy atom. The second-order valence-corrected chi connectivity index (χ2v) is 8.50. The third kappa shape index (κ3) is 6.04. The molecule has 0 aliphatic rings. The predicted molar refractivity (Wildman–Crippen MR) is 131 cm³/mol. The maximum atomic E-state index is 9.65. The first-order valence-electron chi connectivity index (χ1n) is 9.63. The normalized spacial score (nSPS) is 11.2. The summed E-state index contributed by atoms with van der Waals surface area (Å²) in [5, 5.41) is 10.6. The molecule has 0 aromatic heterocycles. The van der Waals surface area contributed by atoms with E-state index in [1.54, 1.807) is 12.1 Å². The largest absolute Gasteiger partial charge is 0.490 e. The van der Waals surface area contributed by atoms with Crippen molar-refractivity contribution in [3.63, 3.8) is 0 Å². The Morgan fingerprint density at radius 1 is 1.03 bits per heavy atom. The summed E-state index contributed by atoms with van der Waals surface area (Å²) >= 11 is 15.7. The molecule has 0 amide bonds. The third-order valence-corrected chi connectivity index (χ3v) is 5.82. The van der Waals surface area contributed by atoms with E-state index in [4.69, 9.17) is 32.7 Å². The van der Waals surface area contributed by atoms with Crippen molar-refractivity contribution in [3.05, 3.63) is 91.4 Å². The molecule has 3 aromatic rings. The van der Waals surface area contributed by atoms with E-state index < -0.39 is 0 Å². The lowest BCUT2D eigenvalue weighted by Gasteiger charge is -2.15. The highest BCUT2D eigenvalue weighted by Gasteiger charge is 2.13. The van der Waals surface area contributed by atoms with Gasteiger partial charge in [0.1, 0.15) is 6.61 Å². The fraction of sp³-hybridized carbons (Fsp3) is 0.160. The highest BCUT2D eigenvalue weighted by Crippen LogP contribution is 2.38. The lowest BCUT2D eigenvalue weighted by molar-refractivity contribution is 0.267. The number of nitriles is 1. The fourth-order valence-corrected chi connectivity index (χ4v) is 3.83. The van der Waals surface area contributed by atoms with Gasteiger partial charge < -0.3 is 9.47 Å². The highest BCUT2D eigenvalue weighted by atomic mass is 79.9. The average Bonchev–Trinajstić information content (AvgIpc) is 2.75. The zero-order valence-electron chi connectivity index (χ0n) is 17.1. The highest BCUT2D eigenvalue weighted by molar-refractivity contribution is 9.10. The molecule has 6 heteroatoms.